The maximum atomic E-state index is 11.7. The number of para-hydroxylation sites is 1. The van der Waals surface area contributed by atoms with Gasteiger partial charge in [-0.2, -0.15) is 0 Å². The Hall–Kier alpha value is -2.05. The quantitative estimate of drug-likeness (QED) is 0.754. The Bertz CT molecular complexity index is 781. The number of rotatable bonds is 6. The standard InChI is InChI=1S/C19H25ClN4O2/c1-14(25)21-6-5-15-12-22-19-16(3-2-4-17(15)19)13-23-7-9-24(10-8-23)18(26)11-20/h2-4,12,22H,5-11,13H2,1H3,(H,21,25). The third-order valence-corrected chi connectivity index (χ3v) is 5.12. The minimum atomic E-state index is -0.00248. The normalized spacial score (nSPS) is 15.4. The molecular formula is C19H25ClN4O2. The molecule has 1 aliphatic rings. The molecule has 26 heavy (non-hydrogen) atoms. The zero-order valence-corrected chi connectivity index (χ0v) is 15.8. The molecule has 1 aliphatic heterocycles. The van der Waals surface area contributed by atoms with Crippen LogP contribution in [0.15, 0.2) is 24.4 Å². The second-order valence-corrected chi connectivity index (χ2v) is 6.94. The average Bonchev–Trinajstić information content (AvgIpc) is 3.06. The molecule has 0 radical (unpaired) electrons. The summed E-state index contributed by atoms with van der Waals surface area (Å²) in [5.41, 5.74) is 3.63. The number of nitrogens with one attached hydrogen (secondary N) is 2. The maximum absolute atomic E-state index is 11.7. The molecule has 2 N–H and O–H groups in total. The number of hydrogen-bond donors (Lipinski definition) is 2. The zero-order chi connectivity index (χ0) is 18.5. The van der Waals surface area contributed by atoms with Crippen molar-refractivity contribution in [2.24, 2.45) is 0 Å². The average molecular weight is 377 g/mol. The Morgan fingerprint density at radius 3 is 2.65 bits per heavy atom. The van der Waals surface area contributed by atoms with Gasteiger partial charge in [-0.1, -0.05) is 18.2 Å². The third kappa shape index (κ3) is 4.37. The molecule has 7 heteroatoms. The second kappa shape index (κ2) is 8.56. The topological polar surface area (TPSA) is 68.4 Å². The molecule has 6 nitrogen and oxygen atoms in total. The van der Waals surface area contributed by atoms with E-state index in [1.807, 2.05) is 11.1 Å². The first kappa shape index (κ1) is 18.7. The van der Waals surface area contributed by atoms with Crippen molar-refractivity contribution >= 4 is 34.3 Å². The molecule has 2 aromatic rings. The van der Waals surface area contributed by atoms with Crippen LogP contribution < -0.4 is 5.32 Å². The van der Waals surface area contributed by atoms with Crippen molar-refractivity contribution in [1.82, 2.24) is 20.1 Å². The summed E-state index contributed by atoms with van der Waals surface area (Å²) in [5, 5.41) is 4.06. The Morgan fingerprint density at radius 1 is 1.19 bits per heavy atom. The second-order valence-electron chi connectivity index (χ2n) is 6.68. The number of hydrogen-bond acceptors (Lipinski definition) is 3. The molecule has 0 atom stereocenters. The number of halogens is 1. The highest BCUT2D eigenvalue weighted by Gasteiger charge is 2.21. The summed E-state index contributed by atoms with van der Waals surface area (Å²) in [7, 11) is 0. The van der Waals surface area contributed by atoms with Crippen molar-refractivity contribution in [2.75, 3.05) is 38.6 Å². The van der Waals surface area contributed by atoms with Crippen LogP contribution in [0.3, 0.4) is 0 Å². The summed E-state index contributed by atoms with van der Waals surface area (Å²) < 4.78 is 0. The van der Waals surface area contributed by atoms with Gasteiger partial charge in [0.05, 0.1) is 5.52 Å². The van der Waals surface area contributed by atoms with E-state index in [2.05, 4.69) is 33.4 Å². The molecule has 0 spiro atoms. The monoisotopic (exact) mass is 376 g/mol. The van der Waals surface area contributed by atoms with Crippen LogP contribution in [-0.2, 0) is 22.6 Å². The molecule has 0 unspecified atom stereocenters. The van der Waals surface area contributed by atoms with Gasteiger partial charge in [-0.15, -0.1) is 11.6 Å². The van der Waals surface area contributed by atoms with Crippen molar-refractivity contribution in [3.63, 3.8) is 0 Å². The number of benzene rings is 1. The van der Waals surface area contributed by atoms with Gasteiger partial charge in [-0.25, -0.2) is 0 Å². The van der Waals surface area contributed by atoms with Crippen LogP contribution in [0.5, 0.6) is 0 Å². The molecule has 2 amide bonds. The number of fused-ring (bicyclic) bond motifs is 1. The Balaban J connectivity index is 1.65. The van der Waals surface area contributed by atoms with Gasteiger partial charge in [0.1, 0.15) is 5.88 Å². The van der Waals surface area contributed by atoms with E-state index in [1.165, 1.54) is 23.4 Å². The number of piperazine rings is 1. The summed E-state index contributed by atoms with van der Waals surface area (Å²) in [6, 6.07) is 6.35. The van der Waals surface area contributed by atoms with E-state index in [9.17, 15) is 9.59 Å². The molecule has 3 rings (SSSR count). The van der Waals surface area contributed by atoms with Crippen molar-refractivity contribution in [1.29, 1.82) is 0 Å². The fourth-order valence-corrected chi connectivity index (χ4v) is 3.64. The van der Waals surface area contributed by atoms with E-state index in [1.54, 1.807) is 0 Å². The van der Waals surface area contributed by atoms with E-state index in [0.29, 0.717) is 6.54 Å². The number of aromatic nitrogens is 1. The Labute approximate surface area is 158 Å². The van der Waals surface area contributed by atoms with E-state index in [-0.39, 0.29) is 17.7 Å². The number of amides is 2. The predicted octanol–water partition coefficient (Wildman–Crippen LogP) is 1.73. The molecule has 1 aromatic carbocycles. The molecule has 1 saturated heterocycles. The first-order valence-electron chi connectivity index (χ1n) is 8.97. The largest absolute Gasteiger partial charge is 0.361 e. The predicted molar refractivity (Wildman–Crippen MR) is 103 cm³/mol. The number of carbonyl (C=O) groups excluding carboxylic acids is 2. The van der Waals surface area contributed by atoms with Crippen LogP contribution in [0.4, 0.5) is 0 Å². The van der Waals surface area contributed by atoms with Crippen LogP contribution in [0, 0.1) is 0 Å². The Kier molecular flexibility index (Phi) is 6.16. The van der Waals surface area contributed by atoms with Gasteiger partial charge in [0.15, 0.2) is 0 Å². The lowest BCUT2D eigenvalue weighted by atomic mass is 10.1. The highest BCUT2D eigenvalue weighted by molar-refractivity contribution is 6.27. The van der Waals surface area contributed by atoms with Crippen molar-refractivity contribution in [3.8, 4) is 0 Å². The molecule has 1 fully saturated rings. The van der Waals surface area contributed by atoms with Gasteiger partial charge in [-0.05, 0) is 17.5 Å². The minimum Gasteiger partial charge on any atom is -0.361 e. The molecule has 1 aromatic heterocycles. The summed E-state index contributed by atoms with van der Waals surface area (Å²) in [6.45, 7) is 6.20. The number of alkyl halides is 1. The summed E-state index contributed by atoms with van der Waals surface area (Å²) >= 11 is 5.64. The first-order chi connectivity index (χ1) is 12.6. The SMILES string of the molecule is CC(=O)NCCc1c[nH]c2c(CN3CCN(C(=O)CCl)CC3)cccc12. The van der Waals surface area contributed by atoms with Crippen LogP contribution in [-0.4, -0.2) is 65.2 Å². The summed E-state index contributed by atoms with van der Waals surface area (Å²) in [4.78, 5) is 30.3. The van der Waals surface area contributed by atoms with Crippen LogP contribution in [0.25, 0.3) is 10.9 Å². The molecule has 140 valence electrons. The van der Waals surface area contributed by atoms with Crippen LogP contribution >= 0.6 is 11.6 Å². The van der Waals surface area contributed by atoms with Gasteiger partial charge in [0.25, 0.3) is 0 Å². The fraction of sp³-hybridized carbons (Fsp3) is 0.474. The Morgan fingerprint density at radius 2 is 1.96 bits per heavy atom. The number of carbonyl (C=O) groups is 2. The highest BCUT2D eigenvalue weighted by atomic mass is 35.5. The molecule has 0 bridgehead atoms. The molecule has 2 heterocycles. The van der Waals surface area contributed by atoms with Crippen LogP contribution in [0.1, 0.15) is 18.1 Å². The third-order valence-electron chi connectivity index (χ3n) is 4.89. The maximum Gasteiger partial charge on any atom is 0.237 e. The van der Waals surface area contributed by atoms with E-state index >= 15 is 0 Å². The van der Waals surface area contributed by atoms with Crippen molar-refractivity contribution < 1.29 is 9.59 Å². The lowest BCUT2D eigenvalue weighted by molar-refractivity contribution is -0.130. The van der Waals surface area contributed by atoms with Gasteiger partial charge in [0, 0.05) is 57.8 Å². The number of aromatic amines is 1. The van der Waals surface area contributed by atoms with Gasteiger partial charge in [-0.3, -0.25) is 14.5 Å². The van der Waals surface area contributed by atoms with Gasteiger partial charge >= 0.3 is 0 Å². The lowest BCUT2D eigenvalue weighted by Gasteiger charge is -2.34. The number of nitrogens with zero attached hydrogens (tertiary/aromatic N) is 2. The van der Waals surface area contributed by atoms with Gasteiger partial charge < -0.3 is 15.2 Å². The summed E-state index contributed by atoms with van der Waals surface area (Å²) in [5.74, 6) is 0.0715. The lowest BCUT2D eigenvalue weighted by Crippen LogP contribution is -2.48. The smallest absolute Gasteiger partial charge is 0.237 e. The molecule has 0 aliphatic carbocycles. The van der Waals surface area contributed by atoms with E-state index in [0.717, 1.165) is 44.7 Å². The highest BCUT2D eigenvalue weighted by Crippen LogP contribution is 2.23. The summed E-state index contributed by atoms with van der Waals surface area (Å²) in [6.07, 6.45) is 2.84. The van der Waals surface area contributed by atoms with E-state index < -0.39 is 0 Å². The van der Waals surface area contributed by atoms with Crippen molar-refractivity contribution in [2.45, 2.75) is 19.9 Å². The molecular weight excluding hydrogens is 352 g/mol. The number of H-pyrrole nitrogens is 1. The van der Waals surface area contributed by atoms with Crippen LogP contribution in [0.2, 0.25) is 0 Å². The molecule has 0 saturated carbocycles. The van der Waals surface area contributed by atoms with Crippen molar-refractivity contribution in [3.05, 3.63) is 35.5 Å². The van der Waals surface area contributed by atoms with E-state index in [4.69, 9.17) is 11.6 Å². The first-order valence-corrected chi connectivity index (χ1v) is 9.50. The van der Waals surface area contributed by atoms with Gasteiger partial charge in [0.2, 0.25) is 11.8 Å². The minimum absolute atomic E-state index is 0.00248. The fourth-order valence-electron chi connectivity index (χ4n) is 3.47. The zero-order valence-electron chi connectivity index (χ0n) is 15.1.